The number of methoxy groups -OCH3 is 1. The summed E-state index contributed by atoms with van der Waals surface area (Å²) in [5, 5.41) is 0. The van der Waals surface area contributed by atoms with E-state index in [1.165, 1.54) is 7.11 Å². The maximum absolute atomic E-state index is 12.8. The highest BCUT2D eigenvalue weighted by molar-refractivity contribution is 9.10. The van der Waals surface area contributed by atoms with Crippen molar-refractivity contribution in [3.8, 4) is 11.5 Å². The number of hydrogen-bond donors (Lipinski definition) is 0. The van der Waals surface area contributed by atoms with Crippen LogP contribution in [0.4, 0.5) is 0 Å². The second-order valence-electron chi connectivity index (χ2n) is 10.3. The molecule has 7 heteroatoms. The van der Waals surface area contributed by atoms with E-state index in [1.807, 2.05) is 72.5 Å². The second-order valence-corrected chi connectivity index (χ2v) is 11.3. The Kier molecular flexibility index (Phi) is 8.56. The van der Waals surface area contributed by atoms with Gasteiger partial charge in [-0.05, 0) is 79.3 Å². The molecule has 2 aliphatic rings. The van der Waals surface area contributed by atoms with Crippen molar-refractivity contribution in [3.63, 3.8) is 0 Å². The van der Waals surface area contributed by atoms with Gasteiger partial charge >= 0.3 is 5.97 Å². The summed E-state index contributed by atoms with van der Waals surface area (Å²) >= 11 is 3.58. The van der Waals surface area contributed by atoms with E-state index in [9.17, 15) is 9.59 Å². The lowest BCUT2D eigenvalue weighted by Gasteiger charge is -2.32. The van der Waals surface area contributed by atoms with Crippen molar-refractivity contribution >= 4 is 27.8 Å². The molecule has 1 atom stereocenters. The third-order valence-electron chi connectivity index (χ3n) is 7.64. The molecule has 1 heterocycles. The van der Waals surface area contributed by atoms with Gasteiger partial charge in [0.15, 0.2) is 0 Å². The predicted molar refractivity (Wildman–Crippen MR) is 153 cm³/mol. The molecule has 3 aromatic carbocycles. The van der Waals surface area contributed by atoms with Gasteiger partial charge in [-0.1, -0.05) is 45.8 Å². The molecule has 3 aromatic rings. The second kappa shape index (κ2) is 12.2. The summed E-state index contributed by atoms with van der Waals surface area (Å²) in [6.45, 7) is 3.83. The topological polar surface area (TPSA) is 65.1 Å². The molecule has 0 aromatic heterocycles. The van der Waals surface area contributed by atoms with Crippen LogP contribution in [-0.4, -0.2) is 43.1 Å². The summed E-state index contributed by atoms with van der Waals surface area (Å²) in [4.78, 5) is 27.0. The quantitative estimate of drug-likeness (QED) is 0.289. The Balaban J connectivity index is 1.15. The Morgan fingerprint density at radius 3 is 2.38 bits per heavy atom. The van der Waals surface area contributed by atoms with Crippen molar-refractivity contribution < 1.29 is 23.8 Å². The van der Waals surface area contributed by atoms with Gasteiger partial charge in [-0.2, -0.15) is 0 Å². The first-order valence-electron chi connectivity index (χ1n) is 13.6. The number of fused-ring (bicyclic) bond motifs is 1. The minimum absolute atomic E-state index is 0.0881. The van der Waals surface area contributed by atoms with Crippen molar-refractivity contribution in [2.24, 2.45) is 0 Å². The van der Waals surface area contributed by atoms with Crippen LogP contribution >= 0.6 is 15.9 Å². The summed E-state index contributed by atoms with van der Waals surface area (Å²) in [6, 6.07) is 19.7. The lowest BCUT2D eigenvalue weighted by molar-refractivity contribution is -0.142. The van der Waals surface area contributed by atoms with Crippen LogP contribution in [0.2, 0.25) is 0 Å². The van der Waals surface area contributed by atoms with Crippen LogP contribution in [0.15, 0.2) is 65.1 Å². The summed E-state index contributed by atoms with van der Waals surface area (Å²) in [5.74, 6) is 1.27. The highest BCUT2D eigenvalue weighted by Crippen LogP contribution is 2.40. The predicted octanol–water partition coefficient (Wildman–Crippen LogP) is 6.61. The number of nitrogens with zero attached hydrogens (tertiary/aromatic N) is 1. The SMILES string of the molecule is COC(=O)C1CCCc2c(OCc3ccc(OC4CCN(C(=O)c5ccc(C)cc5)CC4)cc3)cc(Br)cc21. The maximum atomic E-state index is 12.8. The lowest BCUT2D eigenvalue weighted by Crippen LogP contribution is -2.41. The van der Waals surface area contributed by atoms with Gasteiger partial charge in [0, 0.05) is 36.0 Å². The Morgan fingerprint density at radius 2 is 1.69 bits per heavy atom. The zero-order valence-corrected chi connectivity index (χ0v) is 24.0. The Bertz CT molecular complexity index is 1310. The average molecular weight is 593 g/mol. The number of amides is 1. The van der Waals surface area contributed by atoms with Gasteiger partial charge in [0.25, 0.3) is 5.91 Å². The lowest BCUT2D eigenvalue weighted by atomic mass is 9.82. The van der Waals surface area contributed by atoms with Crippen LogP contribution in [0.25, 0.3) is 0 Å². The smallest absolute Gasteiger partial charge is 0.313 e. The van der Waals surface area contributed by atoms with Gasteiger partial charge in [-0.3, -0.25) is 9.59 Å². The van der Waals surface area contributed by atoms with E-state index in [-0.39, 0.29) is 23.9 Å². The number of likely N-dealkylation sites (tertiary alicyclic amines) is 1. The zero-order valence-electron chi connectivity index (χ0n) is 22.5. The number of benzene rings is 3. The molecular formula is C32H34BrNO5. The summed E-state index contributed by atoms with van der Waals surface area (Å²) in [5.41, 5.74) is 5.01. The van der Waals surface area contributed by atoms with Crippen molar-refractivity contribution in [3.05, 3.63) is 93.0 Å². The molecule has 0 spiro atoms. The molecule has 5 rings (SSSR count). The van der Waals surface area contributed by atoms with Crippen molar-refractivity contribution in [2.45, 2.75) is 57.7 Å². The fraction of sp³-hybridized carbons (Fsp3) is 0.375. The van der Waals surface area contributed by atoms with E-state index in [0.717, 1.165) is 75.9 Å². The first kappa shape index (κ1) is 27.3. The third kappa shape index (κ3) is 6.47. The summed E-state index contributed by atoms with van der Waals surface area (Å²) in [6.07, 6.45) is 4.30. The number of aryl methyl sites for hydroxylation is 1. The van der Waals surface area contributed by atoms with Crippen LogP contribution in [0.1, 0.15) is 64.2 Å². The number of carbonyl (C=O) groups is 2. The van der Waals surface area contributed by atoms with Crippen molar-refractivity contribution in [1.29, 1.82) is 0 Å². The Hall–Kier alpha value is -3.32. The molecule has 1 saturated heterocycles. The first-order valence-corrected chi connectivity index (χ1v) is 14.3. The highest BCUT2D eigenvalue weighted by Gasteiger charge is 2.30. The van der Waals surface area contributed by atoms with Gasteiger partial charge in [-0.15, -0.1) is 0 Å². The van der Waals surface area contributed by atoms with Crippen LogP contribution in [0, 0.1) is 6.92 Å². The van der Waals surface area contributed by atoms with E-state index < -0.39 is 0 Å². The van der Waals surface area contributed by atoms with Crippen molar-refractivity contribution in [2.75, 3.05) is 20.2 Å². The normalized spacial score (nSPS) is 17.3. The van der Waals surface area contributed by atoms with E-state index in [2.05, 4.69) is 15.9 Å². The minimum Gasteiger partial charge on any atom is -0.490 e. The van der Waals surface area contributed by atoms with Gasteiger partial charge < -0.3 is 19.1 Å². The third-order valence-corrected chi connectivity index (χ3v) is 8.09. The largest absolute Gasteiger partial charge is 0.490 e. The van der Waals surface area contributed by atoms with E-state index in [4.69, 9.17) is 14.2 Å². The van der Waals surface area contributed by atoms with Gasteiger partial charge in [0.2, 0.25) is 0 Å². The van der Waals surface area contributed by atoms with Crippen LogP contribution in [-0.2, 0) is 22.6 Å². The number of rotatable bonds is 7. The Morgan fingerprint density at radius 1 is 0.974 bits per heavy atom. The molecule has 0 bridgehead atoms. The molecule has 39 heavy (non-hydrogen) atoms. The number of piperidine rings is 1. The number of esters is 1. The van der Waals surface area contributed by atoms with Crippen LogP contribution in [0.5, 0.6) is 11.5 Å². The van der Waals surface area contributed by atoms with Gasteiger partial charge in [-0.25, -0.2) is 0 Å². The van der Waals surface area contributed by atoms with E-state index >= 15 is 0 Å². The summed E-state index contributed by atoms with van der Waals surface area (Å²) < 4.78 is 18.4. The molecule has 0 saturated carbocycles. The Labute approximate surface area is 238 Å². The fourth-order valence-electron chi connectivity index (χ4n) is 5.44. The molecule has 1 aliphatic heterocycles. The van der Waals surface area contributed by atoms with Crippen LogP contribution < -0.4 is 9.47 Å². The highest BCUT2D eigenvalue weighted by atomic mass is 79.9. The number of carbonyl (C=O) groups excluding carboxylic acids is 2. The molecule has 204 valence electrons. The summed E-state index contributed by atoms with van der Waals surface area (Å²) in [7, 11) is 1.44. The van der Waals surface area contributed by atoms with Crippen LogP contribution in [0.3, 0.4) is 0 Å². The van der Waals surface area contributed by atoms with E-state index in [0.29, 0.717) is 19.7 Å². The molecule has 0 N–H and O–H groups in total. The molecule has 1 fully saturated rings. The molecular weight excluding hydrogens is 558 g/mol. The average Bonchev–Trinajstić information content (AvgIpc) is 2.96. The molecule has 0 radical (unpaired) electrons. The molecule has 6 nitrogen and oxygen atoms in total. The van der Waals surface area contributed by atoms with Crippen molar-refractivity contribution in [1.82, 2.24) is 4.90 Å². The maximum Gasteiger partial charge on any atom is 0.313 e. The number of ether oxygens (including phenoxy) is 3. The molecule has 1 unspecified atom stereocenters. The minimum atomic E-state index is -0.248. The fourth-order valence-corrected chi connectivity index (χ4v) is 5.89. The van der Waals surface area contributed by atoms with Gasteiger partial charge in [0.05, 0.1) is 13.0 Å². The molecule has 1 aliphatic carbocycles. The van der Waals surface area contributed by atoms with E-state index in [1.54, 1.807) is 0 Å². The standard InChI is InChI=1S/C32H34BrNO5/c1-21-6-10-23(11-7-21)31(35)34-16-14-26(15-17-34)39-25-12-8-22(9-13-25)20-38-30-19-24(33)18-29-27(30)4-3-5-28(29)32(36)37-2/h6-13,18-19,26,28H,3-5,14-17,20H2,1-2H3. The monoisotopic (exact) mass is 591 g/mol. The molecule has 1 amide bonds. The van der Waals surface area contributed by atoms with Gasteiger partial charge in [0.1, 0.15) is 24.2 Å². The first-order chi connectivity index (χ1) is 18.9. The zero-order chi connectivity index (χ0) is 27.4. The number of halogens is 1. The number of hydrogen-bond acceptors (Lipinski definition) is 5.